The van der Waals surface area contributed by atoms with Gasteiger partial charge in [0.1, 0.15) is 6.61 Å². The summed E-state index contributed by atoms with van der Waals surface area (Å²) in [4.78, 5) is 24.6. The number of hydrogen-bond acceptors (Lipinski definition) is 5. The van der Waals surface area contributed by atoms with Gasteiger partial charge in [-0.1, -0.05) is 6.58 Å². The van der Waals surface area contributed by atoms with Crippen LogP contribution >= 0.6 is 0 Å². The number of ether oxygens (including phenoxy) is 1. The van der Waals surface area contributed by atoms with Crippen LogP contribution in [0, 0.1) is 0 Å². The van der Waals surface area contributed by atoms with Gasteiger partial charge in [-0.2, -0.15) is 0 Å². The third-order valence-electron chi connectivity index (χ3n) is 2.57. The molecule has 0 bridgehead atoms. The molecule has 0 atom stereocenters. The Hall–Kier alpha value is -2.18. The van der Waals surface area contributed by atoms with E-state index in [0.29, 0.717) is 12.1 Å². The Morgan fingerprint density at radius 1 is 1.40 bits per heavy atom. The summed E-state index contributed by atoms with van der Waals surface area (Å²) >= 11 is 0. The molecule has 112 valence electrons. The summed E-state index contributed by atoms with van der Waals surface area (Å²) in [5, 5.41) is 8.42. The Morgan fingerprint density at radius 2 is 2.15 bits per heavy atom. The predicted octanol–water partition coefficient (Wildman–Crippen LogP) is 0.129. The molecule has 7 nitrogen and oxygen atoms in total. The van der Waals surface area contributed by atoms with E-state index in [9.17, 15) is 9.59 Å². The van der Waals surface area contributed by atoms with Crippen LogP contribution in [-0.2, 0) is 9.53 Å². The average Bonchev–Trinajstić information content (AvgIpc) is 2.92. The first-order chi connectivity index (χ1) is 9.59. The van der Waals surface area contributed by atoms with Crippen LogP contribution in [0.2, 0.25) is 0 Å². The molecule has 0 unspecified atom stereocenters. The van der Waals surface area contributed by atoms with Gasteiger partial charge in [0.2, 0.25) is 0 Å². The van der Waals surface area contributed by atoms with E-state index in [0.717, 1.165) is 19.6 Å². The van der Waals surface area contributed by atoms with Crippen LogP contribution in [0.25, 0.3) is 0 Å². The fourth-order valence-corrected chi connectivity index (χ4v) is 1.51. The van der Waals surface area contributed by atoms with Crippen LogP contribution in [0.4, 0.5) is 4.79 Å². The molecular weight excluding hydrogens is 260 g/mol. The van der Waals surface area contributed by atoms with Gasteiger partial charge >= 0.3 is 12.0 Å². The molecule has 1 rings (SSSR count). The lowest BCUT2D eigenvalue weighted by Gasteiger charge is -2.14. The second-order valence-corrected chi connectivity index (χ2v) is 4.44. The van der Waals surface area contributed by atoms with Crippen LogP contribution in [0.1, 0.15) is 13.3 Å². The van der Waals surface area contributed by atoms with E-state index < -0.39 is 5.97 Å². The van der Waals surface area contributed by atoms with Crippen LogP contribution in [0.15, 0.2) is 24.6 Å². The topological polar surface area (TPSA) is 82.7 Å². The van der Waals surface area contributed by atoms with Gasteiger partial charge in [-0.15, -0.1) is 0 Å². The fourth-order valence-electron chi connectivity index (χ4n) is 1.51. The van der Waals surface area contributed by atoms with Gasteiger partial charge in [0.15, 0.2) is 0 Å². The molecule has 0 aromatic rings. The maximum absolute atomic E-state index is 11.4. The van der Waals surface area contributed by atoms with E-state index in [1.807, 2.05) is 12.4 Å². The van der Waals surface area contributed by atoms with Crippen LogP contribution < -0.4 is 16.0 Å². The highest BCUT2D eigenvalue weighted by atomic mass is 16.5. The molecule has 7 heteroatoms. The lowest BCUT2D eigenvalue weighted by Crippen LogP contribution is -2.38. The van der Waals surface area contributed by atoms with E-state index in [2.05, 4.69) is 27.4 Å². The highest BCUT2D eigenvalue weighted by Gasteiger charge is 2.05. The minimum absolute atomic E-state index is 0.142. The van der Waals surface area contributed by atoms with Gasteiger partial charge in [-0.25, -0.2) is 9.59 Å². The third kappa shape index (κ3) is 6.67. The molecule has 2 amide bonds. The molecule has 0 aliphatic carbocycles. The fraction of sp³-hybridized carbons (Fsp3) is 0.538. The summed E-state index contributed by atoms with van der Waals surface area (Å²) in [6.45, 7) is 7.77. The molecule has 0 saturated heterocycles. The second kappa shape index (κ2) is 8.84. The van der Waals surface area contributed by atoms with Crippen LogP contribution in [0.3, 0.4) is 0 Å². The zero-order valence-corrected chi connectivity index (χ0v) is 11.8. The van der Waals surface area contributed by atoms with E-state index in [1.165, 1.54) is 0 Å². The van der Waals surface area contributed by atoms with Gasteiger partial charge < -0.3 is 25.6 Å². The Balaban J connectivity index is 1.93. The van der Waals surface area contributed by atoms with Crippen molar-refractivity contribution in [3.05, 3.63) is 24.6 Å². The SMILES string of the molecule is C=C(C)C(=O)OCCNC(=O)NCCCN1C=CNC1. The van der Waals surface area contributed by atoms with Crippen molar-refractivity contribution < 1.29 is 14.3 Å². The first kappa shape index (κ1) is 15.9. The molecule has 0 spiro atoms. The van der Waals surface area contributed by atoms with Gasteiger partial charge in [0.25, 0.3) is 0 Å². The Morgan fingerprint density at radius 3 is 2.80 bits per heavy atom. The van der Waals surface area contributed by atoms with Crippen molar-refractivity contribution >= 4 is 12.0 Å². The summed E-state index contributed by atoms with van der Waals surface area (Å²) in [5.41, 5.74) is 0.347. The third-order valence-corrected chi connectivity index (χ3v) is 2.57. The smallest absolute Gasteiger partial charge is 0.333 e. The highest BCUT2D eigenvalue weighted by Crippen LogP contribution is 1.95. The standard InChI is InChI=1S/C13H22N4O3/c1-11(2)12(18)20-9-6-16-13(19)15-4-3-7-17-8-5-14-10-17/h5,8,14H,1,3-4,6-7,9-10H2,2H3,(H2,15,16,19). The molecule has 0 fully saturated rings. The number of esters is 1. The molecular formula is C13H22N4O3. The largest absolute Gasteiger partial charge is 0.460 e. The summed E-state index contributed by atoms with van der Waals surface area (Å²) in [5.74, 6) is -0.445. The monoisotopic (exact) mass is 282 g/mol. The number of urea groups is 1. The van der Waals surface area contributed by atoms with E-state index in [4.69, 9.17) is 4.74 Å². The van der Waals surface area contributed by atoms with E-state index >= 15 is 0 Å². The summed E-state index contributed by atoms with van der Waals surface area (Å²) in [6, 6.07) is -0.258. The molecule has 20 heavy (non-hydrogen) atoms. The molecule has 1 heterocycles. The maximum Gasteiger partial charge on any atom is 0.333 e. The minimum atomic E-state index is -0.445. The number of rotatable bonds is 8. The van der Waals surface area contributed by atoms with Crippen LogP contribution in [0.5, 0.6) is 0 Å². The quantitative estimate of drug-likeness (QED) is 0.335. The van der Waals surface area contributed by atoms with Gasteiger partial charge in [-0.05, 0) is 13.3 Å². The average molecular weight is 282 g/mol. The molecule has 0 aromatic heterocycles. The second-order valence-electron chi connectivity index (χ2n) is 4.44. The zero-order chi connectivity index (χ0) is 14.8. The van der Waals surface area contributed by atoms with E-state index in [-0.39, 0.29) is 19.2 Å². The molecule has 0 saturated carbocycles. The van der Waals surface area contributed by atoms with Gasteiger partial charge in [-0.3, -0.25) is 0 Å². The lowest BCUT2D eigenvalue weighted by atomic mass is 10.4. The number of carbonyl (C=O) groups is 2. The Kier molecular flexibility index (Phi) is 7.02. The van der Waals surface area contributed by atoms with Gasteiger partial charge in [0, 0.05) is 31.1 Å². The molecule has 0 aromatic carbocycles. The van der Waals surface area contributed by atoms with Crippen molar-refractivity contribution in [3.8, 4) is 0 Å². The minimum Gasteiger partial charge on any atom is -0.460 e. The highest BCUT2D eigenvalue weighted by molar-refractivity contribution is 5.86. The van der Waals surface area contributed by atoms with Crippen molar-refractivity contribution in [1.29, 1.82) is 0 Å². The van der Waals surface area contributed by atoms with Crippen molar-refractivity contribution in [3.63, 3.8) is 0 Å². The van der Waals surface area contributed by atoms with Crippen LogP contribution in [-0.4, -0.2) is 49.8 Å². The summed E-state index contributed by atoms with van der Waals surface area (Å²) < 4.78 is 4.84. The lowest BCUT2D eigenvalue weighted by molar-refractivity contribution is -0.138. The normalized spacial score (nSPS) is 12.8. The first-order valence-electron chi connectivity index (χ1n) is 6.58. The number of amides is 2. The molecule has 3 N–H and O–H groups in total. The number of carbonyl (C=O) groups excluding carboxylic acids is 2. The molecule has 1 aliphatic heterocycles. The van der Waals surface area contributed by atoms with E-state index in [1.54, 1.807) is 6.92 Å². The summed E-state index contributed by atoms with van der Waals surface area (Å²) in [6.07, 6.45) is 4.74. The predicted molar refractivity (Wildman–Crippen MR) is 75.6 cm³/mol. The van der Waals surface area contributed by atoms with Crippen molar-refractivity contribution in [1.82, 2.24) is 20.9 Å². The number of hydrogen-bond donors (Lipinski definition) is 3. The first-order valence-corrected chi connectivity index (χ1v) is 6.58. The van der Waals surface area contributed by atoms with Crippen molar-refractivity contribution in [2.24, 2.45) is 0 Å². The molecule has 0 radical (unpaired) electrons. The number of nitrogens with zero attached hydrogens (tertiary/aromatic N) is 1. The number of nitrogens with one attached hydrogen (secondary N) is 3. The van der Waals surface area contributed by atoms with Crippen molar-refractivity contribution in [2.45, 2.75) is 13.3 Å². The molecule has 1 aliphatic rings. The Labute approximate surface area is 119 Å². The Bertz CT molecular complexity index is 382. The van der Waals surface area contributed by atoms with Gasteiger partial charge in [0.05, 0.1) is 13.2 Å². The zero-order valence-electron chi connectivity index (χ0n) is 11.8. The summed E-state index contributed by atoms with van der Waals surface area (Å²) in [7, 11) is 0. The maximum atomic E-state index is 11.4. The van der Waals surface area contributed by atoms with Crippen molar-refractivity contribution in [2.75, 3.05) is 32.9 Å².